The molecule has 1 fully saturated rings. The Balaban J connectivity index is 1.79. The second-order valence-corrected chi connectivity index (χ2v) is 6.49. The van der Waals surface area contributed by atoms with Crippen LogP contribution >= 0.6 is 0 Å². The summed E-state index contributed by atoms with van der Waals surface area (Å²) in [5, 5.41) is 2.61. The molecule has 1 heterocycles. The molecule has 1 saturated heterocycles. The molecule has 0 radical (unpaired) electrons. The van der Waals surface area contributed by atoms with E-state index in [1.54, 1.807) is 43.0 Å². The molecule has 0 aliphatic carbocycles. The minimum absolute atomic E-state index is 0.198. The highest BCUT2D eigenvalue weighted by Gasteiger charge is 2.27. The summed E-state index contributed by atoms with van der Waals surface area (Å²) in [6.45, 7) is 4.93. The van der Waals surface area contributed by atoms with Gasteiger partial charge in [-0.15, -0.1) is 0 Å². The number of morpholine rings is 1. The summed E-state index contributed by atoms with van der Waals surface area (Å²) in [6, 6.07) is 8.06. The lowest BCUT2D eigenvalue weighted by molar-refractivity contribution is -0.156. The molecule has 27 heavy (non-hydrogen) atoms. The van der Waals surface area contributed by atoms with Crippen LogP contribution in [0.15, 0.2) is 30.3 Å². The van der Waals surface area contributed by atoms with E-state index in [1.807, 2.05) is 6.07 Å². The Hall–Kier alpha value is -2.61. The monoisotopic (exact) mass is 378 g/mol. The first-order valence-electron chi connectivity index (χ1n) is 8.96. The molecule has 0 aromatic heterocycles. The number of nitrogens with zero attached hydrogens (tertiary/aromatic N) is 1. The molecule has 1 aromatic rings. The van der Waals surface area contributed by atoms with Crippen molar-refractivity contribution in [1.82, 2.24) is 10.2 Å². The molecule has 0 spiro atoms. The number of carbonyl (C=O) groups is 3. The predicted molar refractivity (Wildman–Crippen MR) is 97.1 cm³/mol. The molecule has 0 bridgehead atoms. The third-order valence-electron chi connectivity index (χ3n) is 4.05. The van der Waals surface area contributed by atoms with Gasteiger partial charge in [0.25, 0.3) is 11.8 Å². The normalized spacial score (nSPS) is 15.1. The topological polar surface area (TPSA) is 94.2 Å². The van der Waals surface area contributed by atoms with Crippen LogP contribution in [0, 0.1) is 5.92 Å². The Labute approximate surface area is 158 Å². The van der Waals surface area contributed by atoms with Crippen LogP contribution in [-0.2, 0) is 23.9 Å². The van der Waals surface area contributed by atoms with Crippen LogP contribution in [0.2, 0.25) is 0 Å². The van der Waals surface area contributed by atoms with Gasteiger partial charge in [-0.1, -0.05) is 32.0 Å². The largest absolute Gasteiger partial charge is 0.484 e. The fraction of sp³-hybridized carbons (Fsp3) is 0.526. The van der Waals surface area contributed by atoms with Crippen molar-refractivity contribution in [2.75, 3.05) is 39.5 Å². The van der Waals surface area contributed by atoms with Crippen molar-refractivity contribution in [3.63, 3.8) is 0 Å². The van der Waals surface area contributed by atoms with Crippen molar-refractivity contribution >= 4 is 17.8 Å². The van der Waals surface area contributed by atoms with E-state index < -0.39 is 17.9 Å². The fourth-order valence-corrected chi connectivity index (χ4v) is 2.51. The van der Waals surface area contributed by atoms with Crippen LogP contribution in [-0.4, -0.2) is 68.2 Å². The van der Waals surface area contributed by atoms with E-state index >= 15 is 0 Å². The zero-order valence-corrected chi connectivity index (χ0v) is 15.7. The lowest BCUT2D eigenvalue weighted by Crippen LogP contribution is -2.48. The number of ether oxygens (including phenoxy) is 3. The number of hydrogen-bond acceptors (Lipinski definition) is 6. The Morgan fingerprint density at radius 2 is 1.78 bits per heavy atom. The molecular formula is C19H26N2O6. The first-order chi connectivity index (χ1) is 13.0. The van der Waals surface area contributed by atoms with E-state index in [2.05, 4.69) is 5.32 Å². The van der Waals surface area contributed by atoms with Gasteiger partial charge in [-0.25, -0.2) is 4.79 Å². The number of para-hydroxylation sites is 1. The van der Waals surface area contributed by atoms with E-state index in [0.717, 1.165) is 0 Å². The van der Waals surface area contributed by atoms with Gasteiger partial charge in [-0.2, -0.15) is 0 Å². The maximum atomic E-state index is 12.3. The first kappa shape index (κ1) is 20.7. The van der Waals surface area contributed by atoms with Gasteiger partial charge < -0.3 is 24.4 Å². The summed E-state index contributed by atoms with van der Waals surface area (Å²) in [7, 11) is 0. The van der Waals surface area contributed by atoms with Crippen LogP contribution in [0.4, 0.5) is 0 Å². The minimum Gasteiger partial charge on any atom is -0.484 e. The molecule has 2 rings (SSSR count). The third-order valence-corrected chi connectivity index (χ3v) is 4.05. The summed E-state index contributed by atoms with van der Waals surface area (Å²) in [6.07, 6.45) is 0. The van der Waals surface area contributed by atoms with Crippen LogP contribution in [0.1, 0.15) is 13.8 Å². The van der Waals surface area contributed by atoms with Gasteiger partial charge in [0.05, 0.1) is 13.2 Å². The molecule has 1 aliphatic rings. The highest BCUT2D eigenvalue weighted by atomic mass is 16.5. The van der Waals surface area contributed by atoms with Crippen molar-refractivity contribution in [2.45, 2.75) is 19.9 Å². The van der Waals surface area contributed by atoms with Crippen molar-refractivity contribution in [1.29, 1.82) is 0 Å². The number of rotatable bonds is 8. The summed E-state index contributed by atoms with van der Waals surface area (Å²) in [4.78, 5) is 38.0. The van der Waals surface area contributed by atoms with E-state index in [9.17, 15) is 14.4 Å². The van der Waals surface area contributed by atoms with Gasteiger partial charge in [-0.05, 0) is 18.1 Å². The molecular weight excluding hydrogens is 352 g/mol. The molecule has 8 heteroatoms. The minimum atomic E-state index is -0.852. The number of hydrogen-bond donors (Lipinski definition) is 1. The Kier molecular flexibility index (Phi) is 8.06. The molecule has 0 saturated carbocycles. The smallest absolute Gasteiger partial charge is 0.329 e. The Morgan fingerprint density at radius 1 is 1.11 bits per heavy atom. The number of esters is 1. The zero-order chi connectivity index (χ0) is 19.6. The lowest BCUT2D eigenvalue weighted by Gasteiger charge is -2.27. The maximum Gasteiger partial charge on any atom is 0.329 e. The average Bonchev–Trinajstić information content (AvgIpc) is 2.69. The van der Waals surface area contributed by atoms with E-state index in [4.69, 9.17) is 14.2 Å². The van der Waals surface area contributed by atoms with Gasteiger partial charge in [0.15, 0.2) is 13.2 Å². The van der Waals surface area contributed by atoms with Crippen molar-refractivity contribution in [3.05, 3.63) is 30.3 Å². The Morgan fingerprint density at radius 3 is 2.41 bits per heavy atom. The molecule has 1 atom stereocenters. The van der Waals surface area contributed by atoms with Crippen molar-refractivity contribution < 1.29 is 28.6 Å². The predicted octanol–water partition coefficient (Wildman–Crippen LogP) is 0.608. The molecule has 148 valence electrons. The summed E-state index contributed by atoms with van der Waals surface area (Å²) in [5.41, 5.74) is 0. The third kappa shape index (κ3) is 6.90. The van der Waals surface area contributed by atoms with Crippen LogP contribution in [0.5, 0.6) is 5.75 Å². The summed E-state index contributed by atoms with van der Waals surface area (Å²) < 4.78 is 15.7. The fourth-order valence-electron chi connectivity index (χ4n) is 2.51. The SMILES string of the molecule is CC(C)[C@H](NC(=O)COc1ccccc1)C(=O)OCC(=O)N1CCOCC1. The van der Waals surface area contributed by atoms with Gasteiger partial charge >= 0.3 is 5.97 Å². The second-order valence-electron chi connectivity index (χ2n) is 6.49. The van der Waals surface area contributed by atoms with Gasteiger partial charge in [-0.3, -0.25) is 9.59 Å². The highest BCUT2D eigenvalue weighted by molar-refractivity contribution is 5.87. The number of carbonyl (C=O) groups excluding carboxylic acids is 3. The standard InChI is InChI=1S/C19H26N2O6/c1-14(2)18(20-16(22)12-26-15-6-4-3-5-7-15)19(24)27-13-17(23)21-8-10-25-11-9-21/h3-7,14,18H,8-13H2,1-2H3,(H,20,22)/t18-/m0/s1. The zero-order valence-electron chi connectivity index (χ0n) is 15.7. The quantitative estimate of drug-likeness (QED) is 0.666. The molecule has 1 aliphatic heterocycles. The van der Waals surface area contributed by atoms with Gasteiger partial charge in [0.2, 0.25) is 0 Å². The molecule has 1 N–H and O–H groups in total. The number of amides is 2. The maximum absolute atomic E-state index is 12.3. The van der Waals surface area contributed by atoms with Crippen LogP contribution < -0.4 is 10.1 Å². The van der Waals surface area contributed by atoms with Gasteiger partial charge in [0, 0.05) is 13.1 Å². The van der Waals surface area contributed by atoms with Crippen LogP contribution in [0.3, 0.4) is 0 Å². The molecule has 8 nitrogen and oxygen atoms in total. The molecule has 2 amide bonds. The molecule has 0 unspecified atom stereocenters. The summed E-state index contributed by atoms with van der Waals surface area (Å²) in [5.74, 6) is -0.981. The highest BCUT2D eigenvalue weighted by Crippen LogP contribution is 2.09. The van der Waals surface area contributed by atoms with E-state index in [0.29, 0.717) is 32.1 Å². The Bertz CT molecular complexity index is 628. The van der Waals surface area contributed by atoms with Crippen molar-refractivity contribution in [3.8, 4) is 5.75 Å². The molecule has 1 aromatic carbocycles. The van der Waals surface area contributed by atoms with Crippen molar-refractivity contribution in [2.24, 2.45) is 5.92 Å². The van der Waals surface area contributed by atoms with Gasteiger partial charge in [0.1, 0.15) is 11.8 Å². The lowest BCUT2D eigenvalue weighted by atomic mass is 10.0. The number of nitrogens with one attached hydrogen (secondary N) is 1. The second kappa shape index (κ2) is 10.5. The first-order valence-corrected chi connectivity index (χ1v) is 8.96. The average molecular weight is 378 g/mol. The van der Waals surface area contributed by atoms with E-state index in [1.165, 1.54) is 0 Å². The number of benzene rings is 1. The van der Waals surface area contributed by atoms with E-state index in [-0.39, 0.29) is 25.0 Å². The summed E-state index contributed by atoms with van der Waals surface area (Å²) >= 11 is 0. The van der Waals surface area contributed by atoms with Crippen LogP contribution in [0.25, 0.3) is 0 Å².